The smallest absolute Gasteiger partial charge is 0.339 e. The summed E-state index contributed by atoms with van der Waals surface area (Å²) in [6.07, 6.45) is 0.802. The Hall–Kier alpha value is -2.24. The number of aromatic hydroxyl groups is 1. The molecule has 0 spiro atoms. The van der Waals surface area contributed by atoms with E-state index in [9.17, 15) is 14.7 Å². The Morgan fingerprint density at radius 1 is 1.39 bits per heavy atom. The van der Waals surface area contributed by atoms with Gasteiger partial charge in [-0.2, -0.15) is 0 Å². The van der Waals surface area contributed by atoms with Gasteiger partial charge in [0.1, 0.15) is 11.3 Å². The Bertz CT molecular complexity index is 459. The zero-order valence-electron chi connectivity index (χ0n) is 10.2. The molecule has 1 aromatic carbocycles. The predicted molar refractivity (Wildman–Crippen MR) is 67.0 cm³/mol. The van der Waals surface area contributed by atoms with Crippen molar-refractivity contribution in [3.63, 3.8) is 0 Å². The molecule has 0 radical (unpaired) electrons. The zero-order chi connectivity index (χ0) is 13.7. The highest BCUT2D eigenvalue weighted by molar-refractivity contribution is 5.93. The first-order chi connectivity index (χ1) is 8.43. The van der Waals surface area contributed by atoms with Crippen molar-refractivity contribution in [2.45, 2.75) is 26.3 Å². The van der Waals surface area contributed by atoms with E-state index in [1.165, 1.54) is 18.2 Å². The van der Waals surface area contributed by atoms with E-state index in [4.69, 9.17) is 5.11 Å². The summed E-state index contributed by atoms with van der Waals surface area (Å²) in [6.45, 7) is 3.81. The van der Waals surface area contributed by atoms with Crippen molar-refractivity contribution in [3.05, 3.63) is 23.8 Å². The molecular weight excluding hydrogens is 236 g/mol. The van der Waals surface area contributed by atoms with E-state index >= 15 is 0 Å². The summed E-state index contributed by atoms with van der Waals surface area (Å²) in [6, 6.07) is 3.49. The summed E-state index contributed by atoms with van der Waals surface area (Å²) in [5.74, 6) is -1.60. The summed E-state index contributed by atoms with van der Waals surface area (Å²) in [5, 5.41) is 23.4. The van der Waals surface area contributed by atoms with Crippen molar-refractivity contribution in [2.24, 2.45) is 0 Å². The number of phenols is 1. The number of aromatic carboxylic acids is 1. The molecule has 0 aliphatic heterocycles. The number of amides is 2. The van der Waals surface area contributed by atoms with Crippen LogP contribution in [-0.2, 0) is 0 Å². The van der Waals surface area contributed by atoms with E-state index < -0.39 is 12.0 Å². The molecule has 0 aliphatic rings. The van der Waals surface area contributed by atoms with E-state index in [-0.39, 0.29) is 17.4 Å². The number of carboxylic acid groups (broad SMARTS) is 1. The lowest BCUT2D eigenvalue weighted by molar-refractivity contribution is 0.0694. The average Bonchev–Trinajstić information content (AvgIpc) is 2.28. The number of hydrogen-bond donors (Lipinski definition) is 4. The quantitative estimate of drug-likeness (QED) is 0.658. The molecular formula is C12H16N2O4. The summed E-state index contributed by atoms with van der Waals surface area (Å²) in [7, 11) is 0. The van der Waals surface area contributed by atoms with Gasteiger partial charge in [0.05, 0.1) is 0 Å². The highest BCUT2D eigenvalue weighted by Crippen LogP contribution is 2.21. The maximum Gasteiger partial charge on any atom is 0.339 e. The maximum absolute atomic E-state index is 11.5. The Morgan fingerprint density at radius 3 is 2.56 bits per heavy atom. The zero-order valence-corrected chi connectivity index (χ0v) is 10.2. The van der Waals surface area contributed by atoms with Crippen LogP contribution in [0.2, 0.25) is 0 Å². The molecule has 0 saturated carbocycles. The molecule has 4 N–H and O–H groups in total. The molecule has 18 heavy (non-hydrogen) atoms. The van der Waals surface area contributed by atoms with Gasteiger partial charge in [0.2, 0.25) is 0 Å². The lowest BCUT2D eigenvalue weighted by Gasteiger charge is -2.12. The van der Waals surface area contributed by atoms with Crippen LogP contribution in [0.25, 0.3) is 0 Å². The molecule has 6 nitrogen and oxygen atoms in total. The number of carbonyl (C=O) groups excluding carboxylic acids is 1. The lowest BCUT2D eigenvalue weighted by Crippen LogP contribution is -2.35. The van der Waals surface area contributed by atoms with Gasteiger partial charge in [-0.05, 0) is 25.5 Å². The van der Waals surface area contributed by atoms with Gasteiger partial charge in [-0.15, -0.1) is 0 Å². The second-order valence-electron chi connectivity index (χ2n) is 3.94. The van der Waals surface area contributed by atoms with Crippen molar-refractivity contribution < 1.29 is 19.8 Å². The topological polar surface area (TPSA) is 98.7 Å². The van der Waals surface area contributed by atoms with Gasteiger partial charge >= 0.3 is 12.0 Å². The van der Waals surface area contributed by atoms with Crippen molar-refractivity contribution in [2.75, 3.05) is 5.32 Å². The van der Waals surface area contributed by atoms with Crippen LogP contribution < -0.4 is 10.6 Å². The van der Waals surface area contributed by atoms with Crippen LogP contribution in [0.5, 0.6) is 5.75 Å². The Morgan fingerprint density at radius 2 is 2.06 bits per heavy atom. The number of anilines is 1. The standard InChI is InChI=1S/C12H16N2O4/c1-3-7(2)13-12(18)14-8-4-5-9(11(16)17)10(15)6-8/h4-7,15H,3H2,1-2H3,(H,16,17)(H2,13,14,18). The third-order valence-corrected chi connectivity index (χ3v) is 2.48. The molecule has 0 saturated heterocycles. The van der Waals surface area contributed by atoms with Crippen molar-refractivity contribution >= 4 is 17.7 Å². The van der Waals surface area contributed by atoms with Gasteiger partial charge in [-0.1, -0.05) is 6.92 Å². The molecule has 98 valence electrons. The lowest BCUT2D eigenvalue weighted by atomic mass is 10.2. The van der Waals surface area contributed by atoms with Crippen LogP contribution in [-0.4, -0.2) is 28.3 Å². The van der Waals surface area contributed by atoms with Gasteiger partial charge in [-0.25, -0.2) is 9.59 Å². The summed E-state index contributed by atoms with van der Waals surface area (Å²) < 4.78 is 0. The molecule has 0 fully saturated rings. The number of hydrogen-bond acceptors (Lipinski definition) is 3. The molecule has 0 heterocycles. The predicted octanol–water partition coefficient (Wildman–Crippen LogP) is 2.01. The summed E-state index contributed by atoms with van der Waals surface area (Å²) in [5.41, 5.74) is 0.126. The largest absolute Gasteiger partial charge is 0.507 e. The van der Waals surface area contributed by atoms with Crippen molar-refractivity contribution in [1.82, 2.24) is 5.32 Å². The monoisotopic (exact) mass is 252 g/mol. The van der Waals surface area contributed by atoms with E-state index in [1.54, 1.807) is 0 Å². The minimum atomic E-state index is -1.22. The van der Waals surface area contributed by atoms with Crippen molar-refractivity contribution in [3.8, 4) is 5.75 Å². The Kier molecular flexibility index (Phi) is 4.53. The first-order valence-corrected chi connectivity index (χ1v) is 5.57. The first kappa shape index (κ1) is 13.8. The fraction of sp³-hybridized carbons (Fsp3) is 0.333. The number of urea groups is 1. The Labute approximate surface area is 105 Å². The second-order valence-corrected chi connectivity index (χ2v) is 3.94. The molecule has 6 heteroatoms. The molecule has 0 aliphatic carbocycles. The van der Waals surface area contributed by atoms with Crippen LogP contribution in [0.3, 0.4) is 0 Å². The number of nitrogens with one attached hydrogen (secondary N) is 2. The van der Waals surface area contributed by atoms with Gasteiger partial charge < -0.3 is 20.8 Å². The number of carbonyl (C=O) groups is 2. The maximum atomic E-state index is 11.5. The SMILES string of the molecule is CCC(C)NC(=O)Nc1ccc(C(=O)O)c(O)c1. The van der Waals surface area contributed by atoms with Crippen LogP contribution in [0, 0.1) is 0 Å². The normalized spacial score (nSPS) is 11.7. The molecule has 1 atom stereocenters. The van der Waals surface area contributed by atoms with Crippen LogP contribution in [0.4, 0.5) is 10.5 Å². The average molecular weight is 252 g/mol. The van der Waals surface area contributed by atoms with E-state index in [2.05, 4.69) is 10.6 Å². The van der Waals surface area contributed by atoms with Gasteiger partial charge in [0.25, 0.3) is 0 Å². The third kappa shape index (κ3) is 3.65. The molecule has 0 aromatic heterocycles. The third-order valence-electron chi connectivity index (χ3n) is 2.48. The summed E-state index contributed by atoms with van der Waals surface area (Å²) in [4.78, 5) is 22.2. The van der Waals surface area contributed by atoms with Crippen LogP contribution in [0.15, 0.2) is 18.2 Å². The van der Waals surface area contributed by atoms with Gasteiger partial charge in [0, 0.05) is 17.8 Å². The molecule has 0 bridgehead atoms. The van der Waals surface area contributed by atoms with Crippen LogP contribution >= 0.6 is 0 Å². The summed E-state index contributed by atoms with van der Waals surface area (Å²) >= 11 is 0. The number of rotatable bonds is 4. The minimum Gasteiger partial charge on any atom is -0.507 e. The van der Waals surface area contributed by atoms with E-state index in [0.717, 1.165) is 6.42 Å². The van der Waals surface area contributed by atoms with Crippen LogP contribution in [0.1, 0.15) is 30.6 Å². The number of carboxylic acids is 1. The van der Waals surface area contributed by atoms with E-state index in [1.807, 2.05) is 13.8 Å². The fourth-order valence-corrected chi connectivity index (χ4v) is 1.28. The molecule has 1 unspecified atom stereocenters. The van der Waals surface area contributed by atoms with Gasteiger partial charge in [0.15, 0.2) is 0 Å². The molecule has 2 amide bonds. The second kappa shape index (κ2) is 5.90. The molecule has 1 rings (SSSR count). The number of benzene rings is 1. The van der Waals surface area contributed by atoms with E-state index in [0.29, 0.717) is 5.69 Å². The van der Waals surface area contributed by atoms with Crippen molar-refractivity contribution in [1.29, 1.82) is 0 Å². The fourth-order valence-electron chi connectivity index (χ4n) is 1.28. The highest BCUT2D eigenvalue weighted by atomic mass is 16.4. The Balaban J connectivity index is 2.72. The molecule has 1 aromatic rings. The first-order valence-electron chi connectivity index (χ1n) is 5.57. The highest BCUT2D eigenvalue weighted by Gasteiger charge is 2.11. The van der Waals surface area contributed by atoms with Gasteiger partial charge in [-0.3, -0.25) is 0 Å². The minimum absolute atomic E-state index is 0.0388.